The van der Waals surface area contributed by atoms with E-state index in [1.54, 1.807) is 6.07 Å². The van der Waals surface area contributed by atoms with Crippen molar-refractivity contribution in [1.82, 2.24) is 0 Å². The number of carbonyl (C=O) groups excluding carboxylic acids is 1. The summed E-state index contributed by atoms with van der Waals surface area (Å²) in [5, 5.41) is 0. The molecule has 1 heterocycles. The van der Waals surface area contributed by atoms with Crippen LogP contribution in [0.15, 0.2) is 18.2 Å². The van der Waals surface area contributed by atoms with Gasteiger partial charge in [0.2, 0.25) is 0 Å². The molecule has 2 nitrogen and oxygen atoms in total. The van der Waals surface area contributed by atoms with E-state index in [1.165, 1.54) is 25.0 Å². The Hall–Kier alpha value is -1.22. The Morgan fingerprint density at radius 1 is 1.30 bits per heavy atom. The first-order valence-corrected chi connectivity index (χ1v) is 7.53. The highest BCUT2D eigenvalue weighted by Gasteiger charge is 2.42. The molecule has 1 saturated carbocycles. The Kier molecular flexibility index (Phi) is 3.63. The van der Waals surface area contributed by atoms with Gasteiger partial charge in [0.05, 0.1) is 5.60 Å². The fourth-order valence-corrected chi connectivity index (χ4v) is 3.73. The number of carbonyl (C=O) groups is 1. The van der Waals surface area contributed by atoms with Gasteiger partial charge in [-0.05, 0) is 56.4 Å². The minimum absolute atomic E-state index is 0.0111. The topological polar surface area (TPSA) is 26.3 Å². The van der Waals surface area contributed by atoms with Crippen molar-refractivity contribution in [1.29, 1.82) is 0 Å². The average Bonchev–Trinajstić information content (AvgIpc) is 2.85. The van der Waals surface area contributed by atoms with E-state index in [0.29, 0.717) is 12.2 Å². The summed E-state index contributed by atoms with van der Waals surface area (Å²) in [4.78, 5) is 12.6. The maximum atomic E-state index is 13.5. The third-order valence-corrected chi connectivity index (χ3v) is 4.71. The van der Waals surface area contributed by atoms with Crippen LogP contribution in [0.4, 0.5) is 4.39 Å². The molecular formula is C17H21FO2. The standard InChI is InChI=1S/C17H21FO2/c1-12-8-14(10-15(18)9-12)16(19)13-4-7-20-17(11-13)5-2-3-6-17/h8-10,13H,2-7,11H2,1H3. The van der Waals surface area contributed by atoms with Gasteiger partial charge in [-0.2, -0.15) is 0 Å². The van der Waals surface area contributed by atoms with Gasteiger partial charge in [-0.3, -0.25) is 4.79 Å². The lowest BCUT2D eigenvalue weighted by Crippen LogP contribution is -2.39. The Morgan fingerprint density at radius 2 is 2.05 bits per heavy atom. The monoisotopic (exact) mass is 276 g/mol. The number of aryl methyl sites for hydroxylation is 1. The van der Waals surface area contributed by atoms with Crippen molar-refractivity contribution in [3.8, 4) is 0 Å². The molecule has 0 N–H and O–H groups in total. The van der Waals surface area contributed by atoms with Crippen LogP contribution in [0.5, 0.6) is 0 Å². The van der Waals surface area contributed by atoms with E-state index >= 15 is 0 Å². The summed E-state index contributed by atoms with van der Waals surface area (Å²) in [6, 6.07) is 4.62. The molecule has 1 aromatic rings. The molecule has 108 valence electrons. The van der Waals surface area contributed by atoms with Gasteiger partial charge in [-0.25, -0.2) is 4.39 Å². The van der Waals surface area contributed by atoms with Crippen LogP contribution in [-0.4, -0.2) is 18.0 Å². The Morgan fingerprint density at radius 3 is 2.75 bits per heavy atom. The molecule has 2 aliphatic rings. The van der Waals surface area contributed by atoms with Gasteiger partial charge in [0.15, 0.2) is 5.78 Å². The van der Waals surface area contributed by atoms with Gasteiger partial charge in [-0.15, -0.1) is 0 Å². The highest BCUT2D eigenvalue weighted by Crippen LogP contribution is 2.42. The SMILES string of the molecule is Cc1cc(F)cc(C(=O)C2CCOC3(CCCC3)C2)c1. The average molecular weight is 276 g/mol. The predicted octanol–water partition coefficient (Wildman–Crippen LogP) is 4.06. The van der Waals surface area contributed by atoms with E-state index < -0.39 is 0 Å². The Bertz CT molecular complexity index is 497. The third-order valence-electron chi connectivity index (χ3n) is 4.71. The van der Waals surface area contributed by atoms with Crippen molar-refractivity contribution in [3.63, 3.8) is 0 Å². The van der Waals surface area contributed by atoms with Crippen LogP contribution in [0.1, 0.15) is 54.4 Å². The number of rotatable bonds is 2. The molecule has 3 rings (SSSR count). The maximum absolute atomic E-state index is 13.5. The molecule has 0 radical (unpaired) electrons. The van der Waals surface area contributed by atoms with Crippen molar-refractivity contribution < 1.29 is 13.9 Å². The molecule has 1 unspecified atom stereocenters. The normalized spacial score (nSPS) is 25.0. The predicted molar refractivity (Wildman–Crippen MR) is 75.3 cm³/mol. The van der Waals surface area contributed by atoms with E-state index in [-0.39, 0.29) is 23.1 Å². The fourth-order valence-electron chi connectivity index (χ4n) is 3.73. The smallest absolute Gasteiger partial charge is 0.166 e. The van der Waals surface area contributed by atoms with E-state index in [1.807, 2.05) is 6.92 Å². The first-order chi connectivity index (χ1) is 9.58. The molecule has 3 heteroatoms. The summed E-state index contributed by atoms with van der Waals surface area (Å²) in [5.41, 5.74) is 1.25. The number of ether oxygens (including phenoxy) is 1. The zero-order valence-corrected chi connectivity index (χ0v) is 12.0. The molecule has 1 saturated heterocycles. The van der Waals surface area contributed by atoms with E-state index in [4.69, 9.17) is 4.74 Å². The van der Waals surface area contributed by atoms with Gasteiger partial charge in [0, 0.05) is 18.1 Å². The minimum atomic E-state index is -0.323. The molecule has 1 aromatic carbocycles. The second kappa shape index (κ2) is 5.28. The number of hydrogen-bond acceptors (Lipinski definition) is 2. The van der Waals surface area contributed by atoms with Gasteiger partial charge in [0.1, 0.15) is 5.82 Å². The van der Waals surface area contributed by atoms with Crippen molar-refractivity contribution in [2.75, 3.05) is 6.61 Å². The summed E-state index contributed by atoms with van der Waals surface area (Å²) in [7, 11) is 0. The molecule has 1 aliphatic heterocycles. The Balaban J connectivity index is 1.79. The van der Waals surface area contributed by atoms with E-state index in [9.17, 15) is 9.18 Å². The first-order valence-electron chi connectivity index (χ1n) is 7.53. The van der Waals surface area contributed by atoms with Crippen LogP contribution in [0.25, 0.3) is 0 Å². The molecule has 1 atom stereocenters. The highest BCUT2D eigenvalue weighted by atomic mass is 19.1. The second-order valence-electron chi connectivity index (χ2n) is 6.31. The zero-order chi connectivity index (χ0) is 14.2. The van der Waals surface area contributed by atoms with Crippen molar-refractivity contribution in [2.45, 2.75) is 51.0 Å². The minimum Gasteiger partial charge on any atom is -0.375 e. The fraction of sp³-hybridized carbons (Fsp3) is 0.588. The van der Waals surface area contributed by atoms with Crippen molar-refractivity contribution >= 4 is 5.78 Å². The molecule has 2 fully saturated rings. The van der Waals surface area contributed by atoms with Crippen molar-refractivity contribution in [2.24, 2.45) is 5.92 Å². The van der Waals surface area contributed by atoms with Gasteiger partial charge < -0.3 is 4.74 Å². The molecule has 1 spiro atoms. The lowest BCUT2D eigenvalue weighted by molar-refractivity contribution is -0.0866. The lowest BCUT2D eigenvalue weighted by Gasteiger charge is -2.37. The molecule has 0 bridgehead atoms. The Labute approximate surface area is 119 Å². The lowest BCUT2D eigenvalue weighted by atomic mass is 9.80. The van der Waals surface area contributed by atoms with E-state index in [2.05, 4.69) is 0 Å². The number of Topliss-reactive ketones (excluding diaryl/α,β-unsaturated/α-hetero) is 1. The van der Waals surface area contributed by atoms with Crippen LogP contribution < -0.4 is 0 Å². The number of halogens is 1. The van der Waals surface area contributed by atoms with Crippen LogP contribution in [0, 0.1) is 18.7 Å². The number of ketones is 1. The molecule has 20 heavy (non-hydrogen) atoms. The summed E-state index contributed by atoms with van der Waals surface area (Å²) >= 11 is 0. The summed E-state index contributed by atoms with van der Waals surface area (Å²) in [6.45, 7) is 2.48. The summed E-state index contributed by atoms with van der Waals surface area (Å²) in [6.07, 6.45) is 6.09. The van der Waals surface area contributed by atoms with Crippen LogP contribution >= 0.6 is 0 Å². The molecule has 0 amide bonds. The van der Waals surface area contributed by atoms with Crippen molar-refractivity contribution in [3.05, 3.63) is 35.1 Å². The van der Waals surface area contributed by atoms with Gasteiger partial charge >= 0.3 is 0 Å². The molecule has 0 aromatic heterocycles. The highest BCUT2D eigenvalue weighted by molar-refractivity contribution is 5.98. The molecule has 1 aliphatic carbocycles. The largest absolute Gasteiger partial charge is 0.375 e. The summed E-state index contributed by atoms with van der Waals surface area (Å²) < 4.78 is 19.4. The van der Waals surface area contributed by atoms with Crippen LogP contribution in [0.2, 0.25) is 0 Å². The zero-order valence-electron chi connectivity index (χ0n) is 12.0. The maximum Gasteiger partial charge on any atom is 0.166 e. The number of hydrogen-bond donors (Lipinski definition) is 0. The molecular weight excluding hydrogens is 255 g/mol. The van der Waals surface area contributed by atoms with Gasteiger partial charge in [-0.1, -0.05) is 12.8 Å². The van der Waals surface area contributed by atoms with Gasteiger partial charge in [0.25, 0.3) is 0 Å². The van der Waals surface area contributed by atoms with E-state index in [0.717, 1.165) is 31.2 Å². The second-order valence-corrected chi connectivity index (χ2v) is 6.31. The first kappa shape index (κ1) is 13.7. The summed E-state index contributed by atoms with van der Waals surface area (Å²) in [5.74, 6) is -0.249. The van der Waals surface area contributed by atoms with Crippen LogP contribution in [-0.2, 0) is 4.74 Å². The quantitative estimate of drug-likeness (QED) is 0.761. The van der Waals surface area contributed by atoms with Crippen LogP contribution in [0.3, 0.4) is 0 Å². The third kappa shape index (κ3) is 2.64. The number of benzene rings is 1.